The molecule has 0 saturated heterocycles. The molecule has 0 atom stereocenters. The van der Waals surface area contributed by atoms with Crippen LogP contribution in [0.4, 0.5) is 0 Å². The van der Waals surface area contributed by atoms with Gasteiger partial charge in [0, 0.05) is 17.7 Å². The van der Waals surface area contributed by atoms with E-state index in [4.69, 9.17) is 9.47 Å². The second kappa shape index (κ2) is 7.11. The molecule has 1 aromatic heterocycles. The van der Waals surface area contributed by atoms with Gasteiger partial charge in [0.15, 0.2) is 0 Å². The number of benzene rings is 2. The van der Waals surface area contributed by atoms with Gasteiger partial charge in [-0.05, 0) is 48.1 Å². The Labute approximate surface area is 156 Å². The van der Waals surface area contributed by atoms with Gasteiger partial charge in [0.25, 0.3) is 5.56 Å². The molecule has 0 radical (unpaired) electrons. The third kappa shape index (κ3) is 3.49. The molecule has 5 heteroatoms. The average molecular weight is 361 g/mol. The minimum absolute atomic E-state index is 0.0322. The first-order valence-electron chi connectivity index (χ1n) is 8.84. The van der Waals surface area contributed by atoms with Crippen LogP contribution < -0.4 is 10.3 Å². The molecule has 27 heavy (non-hydrogen) atoms. The van der Waals surface area contributed by atoms with Gasteiger partial charge in [0.1, 0.15) is 5.75 Å². The van der Waals surface area contributed by atoms with Crippen LogP contribution in [0.15, 0.2) is 72.0 Å². The van der Waals surface area contributed by atoms with Crippen molar-refractivity contribution in [3.05, 3.63) is 77.6 Å². The van der Waals surface area contributed by atoms with Crippen LogP contribution in [-0.4, -0.2) is 17.3 Å². The van der Waals surface area contributed by atoms with Crippen molar-refractivity contribution in [1.82, 2.24) is 4.57 Å². The van der Waals surface area contributed by atoms with Gasteiger partial charge in [0.2, 0.25) is 6.79 Å². The molecule has 1 saturated carbocycles. The number of rotatable bonds is 6. The summed E-state index contributed by atoms with van der Waals surface area (Å²) in [6, 6.07) is 17.4. The quantitative estimate of drug-likeness (QED) is 0.377. The van der Waals surface area contributed by atoms with Crippen LogP contribution >= 0.6 is 0 Å². The van der Waals surface area contributed by atoms with Crippen LogP contribution in [0.1, 0.15) is 18.9 Å². The van der Waals surface area contributed by atoms with E-state index in [1.165, 1.54) is 0 Å². The summed E-state index contributed by atoms with van der Waals surface area (Å²) in [6.07, 6.45) is 3.17. The number of para-hydroxylation sites is 1. The molecule has 0 N–H and O–H groups in total. The van der Waals surface area contributed by atoms with Crippen LogP contribution in [0.5, 0.6) is 5.75 Å². The van der Waals surface area contributed by atoms with Crippen LogP contribution in [-0.2, 0) is 9.53 Å². The highest BCUT2D eigenvalue weighted by Crippen LogP contribution is 2.36. The number of carbonyl (C=O) groups excluding carboxylic acids is 1. The van der Waals surface area contributed by atoms with E-state index in [9.17, 15) is 9.59 Å². The average Bonchev–Trinajstić information content (AvgIpc) is 3.53. The molecule has 0 amide bonds. The molecular formula is C22H19NO4. The van der Waals surface area contributed by atoms with Gasteiger partial charge in [-0.1, -0.05) is 36.9 Å². The van der Waals surface area contributed by atoms with Crippen molar-refractivity contribution in [2.45, 2.75) is 18.9 Å². The van der Waals surface area contributed by atoms with Crippen molar-refractivity contribution >= 4 is 16.9 Å². The number of aromatic nitrogens is 1. The molecule has 1 aliphatic carbocycles. The van der Waals surface area contributed by atoms with Gasteiger partial charge in [0.05, 0.1) is 5.52 Å². The Morgan fingerprint density at radius 3 is 2.59 bits per heavy atom. The van der Waals surface area contributed by atoms with Gasteiger partial charge >= 0.3 is 5.97 Å². The smallest absolute Gasteiger partial charge is 0.333 e. The van der Waals surface area contributed by atoms with Crippen LogP contribution in [0.2, 0.25) is 0 Å². The zero-order chi connectivity index (χ0) is 18.8. The Hall–Kier alpha value is -3.34. The Morgan fingerprint density at radius 2 is 1.89 bits per heavy atom. The highest BCUT2D eigenvalue weighted by Gasteiger charge is 2.27. The lowest BCUT2D eigenvalue weighted by atomic mass is 10.0. The van der Waals surface area contributed by atoms with E-state index >= 15 is 0 Å². The lowest BCUT2D eigenvalue weighted by molar-refractivity contribution is -0.144. The SMILES string of the molecule is C=CC(=O)OCOc1ccc(-c2cc3ccccc3n(C3CC3)c2=O)cc1. The summed E-state index contributed by atoms with van der Waals surface area (Å²) in [5.74, 6) is 0.0160. The van der Waals surface area contributed by atoms with Crippen molar-refractivity contribution in [3.63, 3.8) is 0 Å². The number of fused-ring (bicyclic) bond motifs is 1. The highest BCUT2D eigenvalue weighted by molar-refractivity contribution is 5.84. The monoisotopic (exact) mass is 361 g/mol. The first-order valence-corrected chi connectivity index (χ1v) is 8.84. The summed E-state index contributed by atoms with van der Waals surface area (Å²) in [4.78, 5) is 24.1. The topological polar surface area (TPSA) is 57.5 Å². The second-order valence-electron chi connectivity index (χ2n) is 6.48. The zero-order valence-corrected chi connectivity index (χ0v) is 14.8. The number of hydrogen-bond donors (Lipinski definition) is 0. The molecule has 1 aliphatic rings. The van der Waals surface area contributed by atoms with E-state index < -0.39 is 5.97 Å². The lowest BCUT2D eigenvalue weighted by Gasteiger charge is -2.13. The summed E-state index contributed by atoms with van der Waals surface area (Å²) in [5.41, 5.74) is 2.52. The first-order chi connectivity index (χ1) is 13.2. The fourth-order valence-corrected chi connectivity index (χ4v) is 3.13. The predicted molar refractivity (Wildman–Crippen MR) is 104 cm³/mol. The zero-order valence-electron chi connectivity index (χ0n) is 14.8. The van der Waals surface area contributed by atoms with Crippen molar-refractivity contribution in [2.24, 2.45) is 0 Å². The molecule has 0 bridgehead atoms. The van der Waals surface area contributed by atoms with E-state index in [1.54, 1.807) is 12.1 Å². The molecular weight excluding hydrogens is 342 g/mol. The summed E-state index contributed by atoms with van der Waals surface area (Å²) < 4.78 is 12.1. The number of carbonyl (C=O) groups is 1. The summed E-state index contributed by atoms with van der Waals surface area (Å²) >= 11 is 0. The summed E-state index contributed by atoms with van der Waals surface area (Å²) in [7, 11) is 0. The second-order valence-corrected chi connectivity index (χ2v) is 6.48. The molecule has 3 aromatic rings. The number of nitrogens with zero attached hydrogens (tertiary/aromatic N) is 1. The number of esters is 1. The Balaban J connectivity index is 1.64. The van der Waals surface area contributed by atoms with Crippen molar-refractivity contribution in [2.75, 3.05) is 6.79 Å². The standard InChI is InChI=1S/C22H19NO4/c1-2-21(24)27-14-26-18-11-7-15(8-12-18)19-13-16-5-3-4-6-20(16)23(22(19)25)17-9-10-17/h2-8,11-13,17H,1,9-10,14H2. The van der Waals surface area contributed by atoms with Gasteiger partial charge in [-0.15, -0.1) is 0 Å². The van der Waals surface area contributed by atoms with E-state index in [1.807, 2.05) is 47.0 Å². The molecule has 1 heterocycles. The van der Waals surface area contributed by atoms with Crippen LogP contribution in [0.25, 0.3) is 22.0 Å². The Morgan fingerprint density at radius 1 is 1.15 bits per heavy atom. The fourth-order valence-electron chi connectivity index (χ4n) is 3.13. The molecule has 1 fully saturated rings. The van der Waals surface area contributed by atoms with Crippen molar-refractivity contribution < 1.29 is 14.3 Å². The predicted octanol–water partition coefficient (Wildman–Crippen LogP) is 4.07. The largest absolute Gasteiger partial charge is 0.457 e. The number of hydrogen-bond acceptors (Lipinski definition) is 4. The molecule has 4 rings (SSSR count). The fraction of sp³-hybridized carbons (Fsp3) is 0.182. The first kappa shape index (κ1) is 17.1. The summed E-state index contributed by atoms with van der Waals surface area (Å²) in [5, 5.41) is 1.05. The van der Waals surface area contributed by atoms with E-state index in [2.05, 4.69) is 6.58 Å². The van der Waals surface area contributed by atoms with Gasteiger partial charge in [-0.2, -0.15) is 0 Å². The maximum absolute atomic E-state index is 13.1. The number of ether oxygens (including phenoxy) is 2. The molecule has 0 spiro atoms. The van der Waals surface area contributed by atoms with Crippen LogP contribution in [0.3, 0.4) is 0 Å². The Kier molecular flexibility index (Phi) is 4.50. The van der Waals surface area contributed by atoms with Crippen molar-refractivity contribution in [3.8, 4) is 16.9 Å². The maximum Gasteiger partial charge on any atom is 0.333 e. The Bertz CT molecular complexity index is 1060. The van der Waals surface area contributed by atoms with E-state index in [0.29, 0.717) is 17.4 Å². The summed E-state index contributed by atoms with van der Waals surface area (Å²) in [6.45, 7) is 3.14. The minimum atomic E-state index is -0.539. The van der Waals surface area contributed by atoms with Crippen LogP contribution in [0, 0.1) is 0 Å². The number of pyridine rings is 1. The molecule has 5 nitrogen and oxygen atoms in total. The molecule has 0 unspecified atom stereocenters. The van der Waals surface area contributed by atoms with Crippen molar-refractivity contribution in [1.29, 1.82) is 0 Å². The van der Waals surface area contributed by atoms with E-state index in [0.717, 1.165) is 35.4 Å². The van der Waals surface area contributed by atoms with E-state index in [-0.39, 0.29) is 12.4 Å². The molecule has 0 aliphatic heterocycles. The normalized spacial score (nSPS) is 13.3. The third-order valence-corrected chi connectivity index (χ3v) is 4.62. The van der Waals surface area contributed by atoms with Gasteiger partial charge < -0.3 is 14.0 Å². The molecule has 2 aromatic carbocycles. The van der Waals surface area contributed by atoms with Gasteiger partial charge in [-0.25, -0.2) is 4.79 Å². The maximum atomic E-state index is 13.1. The van der Waals surface area contributed by atoms with Gasteiger partial charge in [-0.3, -0.25) is 4.79 Å². The lowest BCUT2D eigenvalue weighted by Crippen LogP contribution is -2.21. The minimum Gasteiger partial charge on any atom is -0.457 e. The molecule has 136 valence electrons. The third-order valence-electron chi connectivity index (χ3n) is 4.62. The highest BCUT2D eigenvalue weighted by atomic mass is 16.7.